The zero-order chi connectivity index (χ0) is 32.0. The third-order valence-corrected chi connectivity index (χ3v) is 6.88. The van der Waals surface area contributed by atoms with Crippen LogP contribution in [0.2, 0.25) is 0 Å². The van der Waals surface area contributed by atoms with Gasteiger partial charge in [-0.05, 0) is 75.7 Å². The summed E-state index contributed by atoms with van der Waals surface area (Å²) in [5.41, 5.74) is 7.14. The number of ether oxygens (including phenoxy) is 3. The van der Waals surface area contributed by atoms with Crippen LogP contribution in [0.1, 0.15) is 52.8 Å². The predicted octanol–water partition coefficient (Wildman–Crippen LogP) is 3.52. The molecule has 3 aromatic rings. The smallest absolute Gasteiger partial charge is 0.338 e. The average Bonchev–Trinajstić information content (AvgIpc) is 3.27. The number of aromatic nitrogens is 1. The van der Waals surface area contributed by atoms with Gasteiger partial charge in [-0.3, -0.25) is 4.79 Å². The third-order valence-electron chi connectivity index (χ3n) is 6.88. The molecule has 2 aromatic carbocycles. The van der Waals surface area contributed by atoms with Gasteiger partial charge in [0.05, 0.1) is 37.1 Å². The highest BCUT2D eigenvalue weighted by atomic mass is 16.5. The van der Waals surface area contributed by atoms with Crippen LogP contribution in [0.4, 0.5) is 4.79 Å². The second-order valence-corrected chi connectivity index (χ2v) is 9.80. The molecule has 1 aliphatic heterocycles. The van der Waals surface area contributed by atoms with Crippen molar-refractivity contribution < 1.29 is 38.5 Å². The van der Waals surface area contributed by atoms with Crippen LogP contribution >= 0.6 is 0 Å². The molecule has 0 aliphatic carbocycles. The summed E-state index contributed by atoms with van der Waals surface area (Å²) >= 11 is 0. The van der Waals surface area contributed by atoms with Crippen molar-refractivity contribution in [2.75, 3.05) is 20.3 Å². The lowest BCUT2D eigenvalue weighted by Gasteiger charge is -2.28. The van der Waals surface area contributed by atoms with Gasteiger partial charge in [0.1, 0.15) is 0 Å². The van der Waals surface area contributed by atoms with Crippen LogP contribution in [0.3, 0.4) is 0 Å². The highest BCUT2D eigenvalue weighted by Crippen LogP contribution is 2.34. The van der Waals surface area contributed by atoms with Gasteiger partial charge in [-0.25, -0.2) is 19.8 Å². The molecule has 1 atom stereocenters. The topological polar surface area (TPSA) is 170 Å². The van der Waals surface area contributed by atoms with E-state index in [0.29, 0.717) is 11.3 Å². The fraction of sp³-hybridized carbons (Fsp3) is 0.258. The number of carboxylic acid groups (broad SMARTS) is 1. The average molecular weight is 604 g/mol. The van der Waals surface area contributed by atoms with Gasteiger partial charge >= 0.3 is 18.0 Å². The lowest BCUT2D eigenvalue weighted by Crippen LogP contribution is -2.45. The normalized spacial score (nSPS) is 14.6. The van der Waals surface area contributed by atoms with Crippen molar-refractivity contribution >= 4 is 30.1 Å². The lowest BCUT2D eigenvalue weighted by atomic mass is 9.95. The number of carboxylic acids is 1. The number of aromatic carboxylic acids is 1. The standard InChI is InChI=1S/C31H33N5O8/c1-6-43-30(40)27-18(3)33-31(41)34-28(27)21-9-12-24(25(14-21)42-5)44-16-26(37)35-32-15-22-13-17(2)36(19(22)4)23-10-7-20(8-11-23)29(38)39/h7-15,28H,6,16H2,1-5H3,(H,35,37)(H,38,39)(H2,33,34,41)/b32-15-/t28-/m1/s1. The predicted molar refractivity (Wildman–Crippen MR) is 160 cm³/mol. The molecule has 230 valence electrons. The van der Waals surface area contributed by atoms with Crippen molar-refractivity contribution in [3.05, 3.63) is 87.9 Å². The van der Waals surface area contributed by atoms with Gasteiger partial charge in [0, 0.05) is 28.3 Å². The Hall–Kier alpha value is -5.59. The van der Waals surface area contributed by atoms with Gasteiger partial charge in [0.25, 0.3) is 5.91 Å². The molecule has 0 radical (unpaired) electrons. The first-order valence-electron chi connectivity index (χ1n) is 13.6. The molecule has 4 N–H and O–H groups in total. The molecule has 0 unspecified atom stereocenters. The van der Waals surface area contributed by atoms with Crippen molar-refractivity contribution in [3.8, 4) is 17.2 Å². The van der Waals surface area contributed by atoms with Crippen LogP contribution in [-0.4, -0.2) is 60.1 Å². The van der Waals surface area contributed by atoms with E-state index in [9.17, 15) is 19.2 Å². The van der Waals surface area contributed by atoms with E-state index in [1.165, 1.54) is 25.5 Å². The SMILES string of the molecule is CCOC(=O)C1=C(C)NC(=O)N[C@@H]1c1ccc(OCC(=O)N/N=C\c2cc(C)n(-c3ccc(C(=O)O)cc3)c2C)c(OC)c1. The minimum absolute atomic E-state index is 0.176. The summed E-state index contributed by atoms with van der Waals surface area (Å²) in [7, 11) is 1.43. The number of nitrogens with zero attached hydrogens (tertiary/aromatic N) is 2. The molecule has 1 aliphatic rings. The van der Waals surface area contributed by atoms with Crippen LogP contribution in [0.15, 0.2) is 64.9 Å². The summed E-state index contributed by atoms with van der Waals surface area (Å²) in [5, 5.41) is 18.5. The largest absolute Gasteiger partial charge is 0.493 e. The zero-order valence-corrected chi connectivity index (χ0v) is 24.9. The number of rotatable bonds is 11. The monoisotopic (exact) mass is 603 g/mol. The fourth-order valence-corrected chi connectivity index (χ4v) is 4.82. The van der Waals surface area contributed by atoms with E-state index in [1.54, 1.807) is 44.2 Å². The first-order valence-corrected chi connectivity index (χ1v) is 13.6. The van der Waals surface area contributed by atoms with E-state index < -0.39 is 29.9 Å². The van der Waals surface area contributed by atoms with Gasteiger partial charge < -0.3 is 34.5 Å². The third kappa shape index (κ3) is 6.89. The van der Waals surface area contributed by atoms with Gasteiger partial charge in [-0.1, -0.05) is 6.07 Å². The van der Waals surface area contributed by atoms with Gasteiger partial charge in [-0.15, -0.1) is 0 Å². The quantitative estimate of drug-likeness (QED) is 0.147. The lowest BCUT2D eigenvalue weighted by molar-refractivity contribution is -0.139. The molecular weight excluding hydrogens is 570 g/mol. The maximum absolute atomic E-state index is 12.6. The first-order chi connectivity index (χ1) is 21.0. The van der Waals surface area contributed by atoms with Crippen LogP contribution in [0.25, 0.3) is 5.69 Å². The van der Waals surface area contributed by atoms with Crippen molar-refractivity contribution in [1.29, 1.82) is 0 Å². The van der Waals surface area contributed by atoms with Crippen LogP contribution in [0.5, 0.6) is 11.5 Å². The number of hydrazone groups is 1. The fourth-order valence-electron chi connectivity index (χ4n) is 4.82. The number of carbonyl (C=O) groups excluding carboxylic acids is 3. The molecule has 1 aromatic heterocycles. The van der Waals surface area contributed by atoms with E-state index in [2.05, 4.69) is 21.2 Å². The van der Waals surface area contributed by atoms with E-state index in [-0.39, 0.29) is 35.8 Å². The summed E-state index contributed by atoms with van der Waals surface area (Å²) in [6.45, 7) is 6.93. The van der Waals surface area contributed by atoms with Crippen molar-refractivity contribution in [2.24, 2.45) is 5.10 Å². The summed E-state index contributed by atoms with van der Waals surface area (Å²) < 4.78 is 18.2. The van der Waals surface area contributed by atoms with Crippen LogP contribution < -0.4 is 25.5 Å². The second-order valence-electron chi connectivity index (χ2n) is 9.80. The summed E-state index contributed by atoms with van der Waals surface area (Å²) in [5.74, 6) is -1.51. The van der Waals surface area contributed by atoms with E-state index in [1.807, 2.05) is 24.5 Å². The van der Waals surface area contributed by atoms with Gasteiger partial charge in [0.15, 0.2) is 18.1 Å². The van der Waals surface area contributed by atoms with Crippen LogP contribution in [-0.2, 0) is 14.3 Å². The van der Waals surface area contributed by atoms with Crippen molar-refractivity contribution in [3.63, 3.8) is 0 Å². The maximum Gasteiger partial charge on any atom is 0.338 e. The van der Waals surface area contributed by atoms with Crippen LogP contribution in [0, 0.1) is 13.8 Å². The van der Waals surface area contributed by atoms with E-state index in [0.717, 1.165) is 22.6 Å². The van der Waals surface area contributed by atoms with E-state index in [4.69, 9.17) is 19.3 Å². The van der Waals surface area contributed by atoms with Gasteiger partial charge in [-0.2, -0.15) is 5.10 Å². The Bertz CT molecular complexity index is 1660. The Morgan fingerprint density at radius 3 is 2.45 bits per heavy atom. The molecule has 0 saturated carbocycles. The van der Waals surface area contributed by atoms with Crippen molar-refractivity contribution in [1.82, 2.24) is 20.6 Å². The zero-order valence-electron chi connectivity index (χ0n) is 24.9. The molecule has 44 heavy (non-hydrogen) atoms. The number of methoxy groups -OCH3 is 1. The maximum atomic E-state index is 12.6. The number of benzene rings is 2. The molecule has 0 spiro atoms. The Morgan fingerprint density at radius 2 is 1.80 bits per heavy atom. The second kappa shape index (κ2) is 13.6. The number of carbonyl (C=O) groups is 4. The molecule has 13 heteroatoms. The molecular formula is C31H33N5O8. The molecule has 3 amide bonds. The molecule has 2 heterocycles. The molecule has 4 rings (SSSR count). The Morgan fingerprint density at radius 1 is 1.07 bits per heavy atom. The summed E-state index contributed by atoms with van der Waals surface area (Å²) in [6, 6.07) is 12.0. The Labute approximate surface area is 253 Å². The minimum atomic E-state index is -0.996. The first kappa shape index (κ1) is 31.3. The molecule has 0 saturated heterocycles. The number of nitrogens with one attached hydrogen (secondary N) is 3. The molecule has 13 nitrogen and oxygen atoms in total. The number of hydrogen-bond donors (Lipinski definition) is 4. The number of amides is 3. The highest BCUT2D eigenvalue weighted by Gasteiger charge is 2.32. The highest BCUT2D eigenvalue weighted by molar-refractivity contribution is 5.95. The molecule has 0 bridgehead atoms. The summed E-state index contributed by atoms with van der Waals surface area (Å²) in [6.07, 6.45) is 1.52. The number of aryl methyl sites for hydroxylation is 1. The van der Waals surface area contributed by atoms with Gasteiger partial charge in [0.2, 0.25) is 0 Å². The Balaban J connectivity index is 1.41. The van der Waals surface area contributed by atoms with Crippen molar-refractivity contribution in [2.45, 2.75) is 33.7 Å². The number of allylic oxidation sites excluding steroid dienone is 1. The van der Waals surface area contributed by atoms with E-state index >= 15 is 0 Å². The summed E-state index contributed by atoms with van der Waals surface area (Å²) in [4.78, 5) is 48.4. The number of esters is 1. The molecule has 0 fully saturated rings. The number of hydrogen-bond acceptors (Lipinski definition) is 8. The number of urea groups is 1. The minimum Gasteiger partial charge on any atom is -0.493 e. The Kier molecular flexibility index (Phi) is 9.68.